The smallest absolute Gasteiger partial charge is 0.224 e. The van der Waals surface area contributed by atoms with Gasteiger partial charge in [-0.3, -0.25) is 9.78 Å². The highest BCUT2D eigenvalue weighted by Crippen LogP contribution is 2.40. The standard InChI is InChI=1S/C24H21ClN4O3/c1-29-14-19(17-7-6-15(10-23(17)29)32-16-4-2-8-27-13-16)18-11-22(21(26)12-20(18)25)28-24(31)5-3-9-30/h2,4,6-14H,3,5,26H2,1H3,(H,28,31). The van der Waals surface area contributed by atoms with E-state index in [1.165, 1.54) is 0 Å². The molecular weight excluding hydrogens is 428 g/mol. The molecule has 3 N–H and O–H groups in total. The summed E-state index contributed by atoms with van der Waals surface area (Å²) in [5, 5.41) is 4.20. The largest absolute Gasteiger partial charge is 0.456 e. The van der Waals surface area contributed by atoms with Gasteiger partial charge in [-0.25, -0.2) is 0 Å². The van der Waals surface area contributed by atoms with Crippen LogP contribution in [0.15, 0.2) is 61.1 Å². The topological polar surface area (TPSA) is 99.2 Å². The van der Waals surface area contributed by atoms with Crippen molar-refractivity contribution in [3.63, 3.8) is 0 Å². The summed E-state index contributed by atoms with van der Waals surface area (Å²) in [5.74, 6) is 1.05. The number of nitrogens with two attached hydrogens (primary N) is 1. The van der Waals surface area contributed by atoms with Gasteiger partial charge in [0.15, 0.2) is 0 Å². The van der Waals surface area contributed by atoms with Gasteiger partial charge in [-0.05, 0) is 36.4 Å². The van der Waals surface area contributed by atoms with Crippen molar-refractivity contribution >= 4 is 46.1 Å². The van der Waals surface area contributed by atoms with E-state index in [-0.39, 0.29) is 18.7 Å². The predicted molar refractivity (Wildman–Crippen MR) is 126 cm³/mol. The van der Waals surface area contributed by atoms with E-state index in [1.54, 1.807) is 24.5 Å². The van der Waals surface area contributed by atoms with Crippen molar-refractivity contribution in [1.29, 1.82) is 0 Å². The lowest BCUT2D eigenvalue weighted by atomic mass is 10.0. The van der Waals surface area contributed by atoms with Crippen LogP contribution in [0, 0.1) is 0 Å². The Morgan fingerprint density at radius 3 is 2.81 bits per heavy atom. The molecule has 0 saturated carbocycles. The van der Waals surface area contributed by atoms with Crippen molar-refractivity contribution in [2.24, 2.45) is 7.05 Å². The minimum Gasteiger partial charge on any atom is -0.456 e. The minimum atomic E-state index is -0.285. The van der Waals surface area contributed by atoms with Gasteiger partial charge in [0.1, 0.15) is 17.8 Å². The number of halogens is 1. The first-order valence-corrected chi connectivity index (χ1v) is 10.3. The molecule has 2 heterocycles. The van der Waals surface area contributed by atoms with E-state index in [2.05, 4.69) is 10.3 Å². The Bertz CT molecular complexity index is 1300. The number of carbonyl (C=O) groups is 2. The third-order valence-corrected chi connectivity index (χ3v) is 5.34. The van der Waals surface area contributed by atoms with Crippen LogP contribution in [-0.4, -0.2) is 21.7 Å². The van der Waals surface area contributed by atoms with E-state index < -0.39 is 0 Å². The molecule has 4 rings (SSSR count). The minimum absolute atomic E-state index is 0.0921. The zero-order chi connectivity index (χ0) is 22.7. The van der Waals surface area contributed by atoms with Gasteiger partial charge in [-0.15, -0.1) is 0 Å². The summed E-state index contributed by atoms with van der Waals surface area (Å²) in [4.78, 5) is 26.7. The summed E-state index contributed by atoms with van der Waals surface area (Å²) in [6.07, 6.45) is 6.26. The maximum Gasteiger partial charge on any atom is 0.224 e. The van der Waals surface area contributed by atoms with E-state index >= 15 is 0 Å². The van der Waals surface area contributed by atoms with Crippen molar-refractivity contribution in [2.45, 2.75) is 12.8 Å². The third kappa shape index (κ3) is 4.43. The average molecular weight is 449 g/mol. The number of hydrogen-bond donors (Lipinski definition) is 2. The van der Waals surface area contributed by atoms with Crippen molar-refractivity contribution in [1.82, 2.24) is 9.55 Å². The first kappa shape index (κ1) is 21.4. The van der Waals surface area contributed by atoms with E-state index in [1.807, 2.05) is 48.1 Å². The van der Waals surface area contributed by atoms with E-state index in [0.29, 0.717) is 34.2 Å². The number of aryl methyl sites for hydroxylation is 1. The highest BCUT2D eigenvalue weighted by atomic mass is 35.5. The van der Waals surface area contributed by atoms with Crippen LogP contribution in [0.25, 0.3) is 22.0 Å². The molecule has 2 aromatic carbocycles. The van der Waals surface area contributed by atoms with Crippen molar-refractivity contribution in [3.8, 4) is 22.6 Å². The lowest BCUT2D eigenvalue weighted by Gasteiger charge is -2.12. The third-order valence-electron chi connectivity index (χ3n) is 5.02. The maximum absolute atomic E-state index is 12.1. The number of nitrogens with one attached hydrogen (secondary N) is 1. The molecule has 0 unspecified atom stereocenters. The molecular formula is C24H21ClN4O3. The Morgan fingerprint density at radius 1 is 1.22 bits per heavy atom. The number of hydrogen-bond acceptors (Lipinski definition) is 5. The van der Waals surface area contributed by atoms with Gasteiger partial charge in [0.25, 0.3) is 0 Å². The van der Waals surface area contributed by atoms with Gasteiger partial charge < -0.3 is 25.1 Å². The monoisotopic (exact) mass is 448 g/mol. The molecule has 0 aliphatic heterocycles. The van der Waals surface area contributed by atoms with Crippen molar-refractivity contribution in [3.05, 3.63) is 66.1 Å². The summed E-state index contributed by atoms with van der Waals surface area (Å²) in [7, 11) is 1.94. The molecule has 1 amide bonds. The molecule has 162 valence electrons. The number of amides is 1. The zero-order valence-corrected chi connectivity index (χ0v) is 18.1. The van der Waals surface area contributed by atoms with Crippen LogP contribution in [0.2, 0.25) is 5.02 Å². The number of nitrogen functional groups attached to an aromatic ring is 1. The van der Waals surface area contributed by atoms with Crippen molar-refractivity contribution < 1.29 is 14.3 Å². The molecule has 0 atom stereocenters. The quantitative estimate of drug-likeness (QED) is 0.299. The number of anilines is 2. The first-order chi connectivity index (χ1) is 15.5. The number of nitrogens with zero attached hydrogens (tertiary/aromatic N) is 2. The highest BCUT2D eigenvalue weighted by Gasteiger charge is 2.16. The Kier molecular flexibility index (Phi) is 6.09. The SMILES string of the molecule is Cn1cc(-c2cc(NC(=O)CCC=O)c(N)cc2Cl)c2ccc(Oc3cccnc3)cc21. The van der Waals surface area contributed by atoms with E-state index in [4.69, 9.17) is 22.1 Å². The van der Waals surface area contributed by atoms with Crippen LogP contribution >= 0.6 is 11.6 Å². The second-order valence-corrected chi connectivity index (χ2v) is 7.70. The number of benzene rings is 2. The molecule has 0 aliphatic carbocycles. The van der Waals surface area contributed by atoms with Gasteiger partial charge in [-0.1, -0.05) is 11.6 Å². The Hall–Kier alpha value is -3.84. The number of ether oxygens (including phenoxy) is 1. The number of pyridine rings is 1. The summed E-state index contributed by atoms with van der Waals surface area (Å²) < 4.78 is 7.88. The fourth-order valence-corrected chi connectivity index (χ4v) is 3.77. The van der Waals surface area contributed by atoms with Gasteiger partial charge >= 0.3 is 0 Å². The van der Waals surface area contributed by atoms with Crippen LogP contribution < -0.4 is 15.8 Å². The van der Waals surface area contributed by atoms with Crippen LogP contribution in [0.3, 0.4) is 0 Å². The lowest BCUT2D eigenvalue weighted by molar-refractivity contribution is -0.118. The fourth-order valence-electron chi connectivity index (χ4n) is 3.49. The van der Waals surface area contributed by atoms with Crippen LogP contribution in [0.5, 0.6) is 11.5 Å². The van der Waals surface area contributed by atoms with Crippen LogP contribution in [0.1, 0.15) is 12.8 Å². The van der Waals surface area contributed by atoms with E-state index in [9.17, 15) is 9.59 Å². The number of fused-ring (bicyclic) bond motifs is 1. The molecule has 4 aromatic rings. The fraction of sp³-hybridized carbons (Fsp3) is 0.125. The average Bonchev–Trinajstić information content (AvgIpc) is 3.10. The van der Waals surface area contributed by atoms with Gasteiger partial charge in [0.2, 0.25) is 5.91 Å². The Morgan fingerprint density at radius 2 is 2.06 bits per heavy atom. The molecule has 0 saturated heterocycles. The van der Waals surface area contributed by atoms with E-state index in [0.717, 1.165) is 22.0 Å². The summed E-state index contributed by atoms with van der Waals surface area (Å²) >= 11 is 6.52. The molecule has 2 aromatic heterocycles. The predicted octanol–water partition coefficient (Wildman–Crippen LogP) is 5.19. The zero-order valence-electron chi connectivity index (χ0n) is 17.3. The first-order valence-electron chi connectivity index (χ1n) is 9.96. The number of carbonyl (C=O) groups excluding carboxylic acids is 2. The summed E-state index contributed by atoms with van der Waals surface area (Å²) in [6.45, 7) is 0. The van der Waals surface area contributed by atoms with Gasteiger partial charge in [0.05, 0.1) is 28.1 Å². The normalized spacial score (nSPS) is 10.8. The number of aldehydes is 1. The molecule has 32 heavy (non-hydrogen) atoms. The summed E-state index contributed by atoms with van der Waals surface area (Å²) in [5.41, 5.74) is 9.44. The number of rotatable bonds is 7. The second kappa shape index (κ2) is 9.11. The molecule has 0 fully saturated rings. The lowest BCUT2D eigenvalue weighted by Crippen LogP contribution is -2.12. The Balaban J connectivity index is 1.70. The molecule has 0 aliphatic rings. The molecule has 0 radical (unpaired) electrons. The van der Waals surface area contributed by atoms with Crippen LogP contribution in [-0.2, 0) is 16.6 Å². The molecule has 7 nitrogen and oxygen atoms in total. The highest BCUT2D eigenvalue weighted by molar-refractivity contribution is 6.34. The maximum atomic E-state index is 12.1. The molecule has 8 heteroatoms. The van der Waals surface area contributed by atoms with Crippen LogP contribution in [0.4, 0.5) is 11.4 Å². The molecule has 0 bridgehead atoms. The Labute approximate surface area is 189 Å². The van der Waals surface area contributed by atoms with Crippen molar-refractivity contribution in [2.75, 3.05) is 11.1 Å². The number of aromatic nitrogens is 2. The molecule has 0 spiro atoms. The van der Waals surface area contributed by atoms with Gasteiger partial charge in [-0.2, -0.15) is 0 Å². The second-order valence-electron chi connectivity index (χ2n) is 7.30. The summed E-state index contributed by atoms with van der Waals surface area (Å²) in [6, 6.07) is 12.8. The van der Waals surface area contributed by atoms with Gasteiger partial charge in [0, 0.05) is 54.9 Å².